The fourth-order valence-electron chi connectivity index (χ4n) is 2.83. The second kappa shape index (κ2) is 9.67. The molecule has 3 nitrogen and oxygen atoms in total. The topological polar surface area (TPSA) is 41.6 Å². The molecule has 0 amide bonds. The molecule has 2 N–H and O–H groups in total. The van der Waals surface area contributed by atoms with E-state index in [1.807, 2.05) is 43.5 Å². The van der Waals surface area contributed by atoms with Gasteiger partial charge in [-0.3, -0.25) is 0 Å². The molecule has 2 radical (unpaired) electrons. The van der Waals surface area contributed by atoms with Crippen LogP contribution in [0.3, 0.4) is 0 Å². The summed E-state index contributed by atoms with van der Waals surface area (Å²) < 4.78 is 0. The molecular formula is C21H21FeN3S. The minimum absolute atomic E-state index is 0. The van der Waals surface area contributed by atoms with Crippen LogP contribution in [0.2, 0.25) is 0 Å². The van der Waals surface area contributed by atoms with Crippen molar-refractivity contribution in [1.29, 1.82) is 0 Å². The summed E-state index contributed by atoms with van der Waals surface area (Å²) in [6, 6.07) is 16.7. The first-order valence-electron chi connectivity index (χ1n) is 8.26. The van der Waals surface area contributed by atoms with Gasteiger partial charge in [0.05, 0.1) is 11.8 Å². The summed E-state index contributed by atoms with van der Waals surface area (Å²) in [4.78, 5) is 0. The SMILES string of the molecule is Cc1ccc(C2=NN(C(N)=S)C(c3ccc[cH-]3)C2)cc1.[CH]1[CH][CH-]C=C1.[Fe+2]. The molecule has 0 fully saturated rings. The van der Waals surface area contributed by atoms with E-state index in [-0.39, 0.29) is 23.1 Å². The maximum Gasteiger partial charge on any atom is 2.00 e. The van der Waals surface area contributed by atoms with Crippen LogP contribution in [-0.2, 0) is 17.1 Å². The molecule has 2 aliphatic rings. The first-order chi connectivity index (χ1) is 12.1. The number of hydrogen-bond donors (Lipinski definition) is 1. The average Bonchev–Trinajstić information content (AvgIpc) is 3.36. The summed E-state index contributed by atoms with van der Waals surface area (Å²) in [6.07, 6.45) is 10.8. The Morgan fingerprint density at radius 2 is 2.04 bits per heavy atom. The zero-order chi connectivity index (χ0) is 17.6. The third-order valence-corrected chi connectivity index (χ3v) is 4.34. The molecule has 1 atom stereocenters. The van der Waals surface area contributed by atoms with Gasteiger partial charge in [0.1, 0.15) is 0 Å². The molecule has 1 aliphatic carbocycles. The standard InChI is InChI=1S/C16H16N3S.C5H5.Fe/c1-11-6-8-12(9-7-11)14-10-15(13-4-2-3-5-13)19(18-14)16(17)20;1-2-4-5-3-1;/h2-9,15H,10H2,1H3,(H2,17,20);1-5H;/q2*-1;+2. The quantitative estimate of drug-likeness (QED) is 0.463. The summed E-state index contributed by atoms with van der Waals surface area (Å²) in [6.45, 7) is 2.08. The van der Waals surface area contributed by atoms with Crippen molar-refractivity contribution < 1.29 is 17.1 Å². The Bertz CT molecular complexity index is 757. The van der Waals surface area contributed by atoms with Gasteiger partial charge < -0.3 is 5.73 Å². The molecule has 1 heterocycles. The van der Waals surface area contributed by atoms with Crippen LogP contribution < -0.4 is 5.73 Å². The van der Waals surface area contributed by atoms with E-state index in [4.69, 9.17) is 18.0 Å². The molecule has 4 rings (SSSR count). The van der Waals surface area contributed by atoms with Crippen LogP contribution >= 0.6 is 12.2 Å². The van der Waals surface area contributed by atoms with Crippen LogP contribution in [0.25, 0.3) is 0 Å². The van der Waals surface area contributed by atoms with Crippen molar-refractivity contribution in [3.05, 3.63) is 96.6 Å². The van der Waals surface area contributed by atoms with Gasteiger partial charge in [0, 0.05) is 6.42 Å². The van der Waals surface area contributed by atoms with Crippen LogP contribution in [0.5, 0.6) is 0 Å². The third-order valence-electron chi connectivity index (χ3n) is 4.15. The van der Waals surface area contributed by atoms with Gasteiger partial charge in [0.15, 0.2) is 5.11 Å². The Hall–Kier alpha value is -1.94. The van der Waals surface area contributed by atoms with E-state index in [9.17, 15) is 0 Å². The van der Waals surface area contributed by atoms with Crippen LogP contribution in [0.1, 0.15) is 29.2 Å². The van der Waals surface area contributed by atoms with E-state index in [0.717, 1.165) is 17.7 Å². The summed E-state index contributed by atoms with van der Waals surface area (Å²) in [7, 11) is 0. The fraction of sp³-hybridized carbons (Fsp3) is 0.143. The molecule has 1 aliphatic heterocycles. The van der Waals surface area contributed by atoms with Crippen LogP contribution in [0.15, 0.2) is 65.8 Å². The second-order valence-electron chi connectivity index (χ2n) is 6.00. The number of aryl methyl sites for hydroxylation is 1. The Labute approximate surface area is 171 Å². The number of nitrogens with zero attached hydrogens (tertiary/aromatic N) is 2. The van der Waals surface area contributed by atoms with E-state index in [1.54, 1.807) is 5.01 Å². The van der Waals surface area contributed by atoms with Crippen LogP contribution in [0.4, 0.5) is 0 Å². The summed E-state index contributed by atoms with van der Waals surface area (Å²) in [5.74, 6) is 0. The van der Waals surface area contributed by atoms with Gasteiger partial charge in [0.2, 0.25) is 0 Å². The molecular weight excluding hydrogens is 382 g/mol. The van der Waals surface area contributed by atoms with Gasteiger partial charge in [0.25, 0.3) is 0 Å². The molecule has 0 spiro atoms. The van der Waals surface area contributed by atoms with Crippen molar-refractivity contribution in [3.63, 3.8) is 0 Å². The van der Waals surface area contributed by atoms with E-state index in [0.29, 0.717) is 5.11 Å². The number of benzene rings is 1. The number of nitrogens with two attached hydrogens (primary N) is 1. The Kier molecular flexibility index (Phi) is 7.58. The zero-order valence-corrected chi connectivity index (χ0v) is 16.4. The molecule has 0 saturated carbocycles. The molecule has 5 heteroatoms. The number of hydrazone groups is 1. The van der Waals surface area contributed by atoms with Crippen molar-refractivity contribution in [1.82, 2.24) is 5.01 Å². The van der Waals surface area contributed by atoms with Crippen LogP contribution in [0, 0.1) is 26.2 Å². The van der Waals surface area contributed by atoms with E-state index >= 15 is 0 Å². The average molecular weight is 403 g/mol. The molecule has 2 aromatic carbocycles. The predicted octanol–water partition coefficient (Wildman–Crippen LogP) is 4.28. The van der Waals surface area contributed by atoms with Gasteiger partial charge in [-0.2, -0.15) is 17.2 Å². The van der Waals surface area contributed by atoms with Gasteiger partial charge in [-0.05, 0) is 24.7 Å². The first kappa shape index (κ1) is 20.4. The molecule has 134 valence electrons. The maximum atomic E-state index is 5.81. The Morgan fingerprint density at radius 1 is 1.27 bits per heavy atom. The second-order valence-corrected chi connectivity index (χ2v) is 6.41. The third kappa shape index (κ3) is 5.04. The minimum Gasteiger partial charge on any atom is -0.375 e. The Morgan fingerprint density at radius 3 is 2.54 bits per heavy atom. The van der Waals surface area contributed by atoms with Gasteiger partial charge in [-0.25, -0.2) is 35.7 Å². The molecule has 1 unspecified atom stereocenters. The van der Waals surface area contributed by atoms with Crippen molar-refractivity contribution in [2.24, 2.45) is 10.8 Å². The fourth-order valence-corrected chi connectivity index (χ4v) is 2.99. The monoisotopic (exact) mass is 403 g/mol. The molecule has 0 aromatic heterocycles. The zero-order valence-electron chi connectivity index (χ0n) is 14.5. The molecule has 2 aromatic rings. The normalized spacial score (nSPS) is 17.7. The van der Waals surface area contributed by atoms with Gasteiger partial charge >= 0.3 is 17.1 Å². The maximum absolute atomic E-state index is 5.81. The number of allylic oxidation sites excluding steroid dienone is 2. The van der Waals surface area contributed by atoms with Crippen molar-refractivity contribution in [3.8, 4) is 0 Å². The minimum atomic E-state index is 0. The number of hydrogen-bond acceptors (Lipinski definition) is 2. The smallest absolute Gasteiger partial charge is 0.375 e. The molecule has 0 saturated heterocycles. The predicted molar refractivity (Wildman–Crippen MR) is 108 cm³/mol. The van der Waals surface area contributed by atoms with Crippen molar-refractivity contribution in [2.45, 2.75) is 19.4 Å². The first-order valence-corrected chi connectivity index (χ1v) is 8.67. The number of thiocarbonyl (C=S) groups is 1. The van der Waals surface area contributed by atoms with Crippen molar-refractivity contribution in [2.75, 3.05) is 0 Å². The van der Waals surface area contributed by atoms with Gasteiger partial charge in [-0.1, -0.05) is 29.8 Å². The number of rotatable bonds is 2. The molecule has 26 heavy (non-hydrogen) atoms. The molecule has 0 bridgehead atoms. The van der Waals surface area contributed by atoms with Crippen LogP contribution in [-0.4, -0.2) is 15.8 Å². The largest absolute Gasteiger partial charge is 2.00 e. The Balaban J connectivity index is 0.000000351. The summed E-state index contributed by atoms with van der Waals surface area (Å²) in [5.41, 5.74) is 10.4. The van der Waals surface area contributed by atoms with Gasteiger partial charge in [-0.15, -0.1) is 18.4 Å². The van der Waals surface area contributed by atoms with E-state index < -0.39 is 0 Å². The summed E-state index contributed by atoms with van der Waals surface area (Å²) >= 11 is 5.13. The summed E-state index contributed by atoms with van der Waals surface area (Å²) in [5, 5.41) is 6.68. The van der Waals surface area contributed by atoms with E-state index in [2.05, 4.69) is 48.4 Å². The van der Waals surface area contributed by atoms with Crippen molar-refractivity contribution >= 4 is 23.0 Å². The van der Waals surface area contributed by atoms with E-state index in [1.165, 1.54) is 11.1 Å².